The van der Waals surface area contributed by atoms with Crippen LogP contribution in [0.3, 0.4) is 0 Å². The molecular formula is C18H14N4O7. The van der Waals surface area contributed by atoms with Crippen LogP contribution in [0.5, 0.6) is 5.75 Å². The van der Waals surface area contributed by atoms with Crippen molar-refractivity contribution in [3.05, 3.63) is 68.6 Å². The quantitative estimate of drug-likeness (QED) is 0.469. The van der Waals surface area contributed by atoms with Crippen molar-refractivity contribution in [1.29, 1.82) is 0 Å². The molecule has 0 unspecified atom stereocenters. The molecule has 0 bridgehead atoms. The van der Waals surface area contributed by atoms with E-state index < -0.39 is 28.9 Å². The number of benzene rings is 2. The average molecular weight is 398 g/mol. The number of amides is 1. The molecule has 0 saturated heterocycles. The molecule has 11 nitrogen and oxygen atoms in total. The smallest absolute Gasteiger partial charge is 0.357 e. The summed E-state index contributed by atoms with van der Waals surface area (Å²) in [4.78, 5) is 46.7. The third-order valence-corrected chi connectivity index (χ3v) is 4.03. The number of hydrogen-bond donors (Lipinski definition) is 2. The minimum atomic E-state index is -1.34. The number of hydrogen-bond acceptors (Lipinski definition) is 7. The molecule has 11 heteroatoms. The van der Waals surface area contributed by atoms with Crippen LogP contribution in [0.15, 0.2) is 47.3 Å². The van der Waals surface area contributed by atoms with Crippen LogP contribution in [0.1, 0.15) is 10.5 Å². The largest absolute Gasteiger partial charge is 0.494 e. The van der Waals surface area contributed by atoms with Gasteiger partial charge < -0.3 is 15.2 Å². The molecule has 3 rings (SSSR count). The van der Waals surface area contributed by atoms with Crippen LogP contribution in [-0.4, -0.2) is 38.8 Å². The first kappa shape index (κ1) is 19.5. The molecule has 3 aromatic rings. The number of carboxylic acids is 1. The van der Waals surface area contributed by atoms with Crippen molar-refractivity contribution in [1.82, 2.24) is 9.78 Å². The van der Waals surface area contributed by atoms with Gasteiger partial charge in [-0.25, -0.2) is 9.48 Å². The highest BCUT2D eigenvalue weighted by Gasteiger charge is 2.18. The van der Waals surface area contributed by atoms with Crippen LogP contribution in [0.25, 0.3) is 10.8 Å². The van der Waals surface area contributed by atoms with Gasteiger partial charge in [-0.15, -0.1) is 0 Å². The molecular weight excluding hydrogens is 384 g/mol. The summed E-state index contributed by atoms with van der Waals surface area (Å²) >= 11 is 0. The number of carbonyl (C=O) groups excluding carboxylic acids is 1. The average Bonchev–Trinajstić information content (AvgIpc) is 2.70. The van der Waals surface area contributed by atoms with Gasteiger partial charge in [0, 0.05) is 11.5 Å². The molecule has 0 saturated carbocycles. The Hall–Kier alpha value is -4.28. The van der Waals surface area contributed by atoms with E-state index in [0.29, 0.717) is 0 Å². The maximum absolute atomic E-state index is 12.6. The van der Waals surface area contributed by atoms with Crippen molar-refractivity contribution in [2.45, 2.75) is 6.54 Å². The van der Waals surface area contributed by atoms with Crippen LogP contribution in [0.2, 0.25) is 0 Å². The normalized spacial score (nSPS) is 10.5. The molecule has 0 aliphatic heterocycles. The number of methoxy groups -OCH3 is 1. The third kappa shape index (κ3) is 3.88. The Morgan fingerprint density at radius 3 is 2.55 bits per heavy atom. The van der Waals surface area contributed by atoms with Gasteiger partial charge in [-0.2, -0.15) is 5.10 Å². The highest BCUT2D eigenvalue weighted by atomic mass is 16.6. The number of nitro groups is 1. The fraction of sp³-hybridized carbons (Fsp3) is 0.111. The number of aromatic carboxylic acids is 1. The van der Waals surface area contributed by atoms with Crippen LogP contribution in [0.4, 0.5) is 11.4 Å². The van der Waals surface area contributed by atoms with Crippen molar-refractivity contribution >= 4 is 34.0 Å². The van der Waals surface area contributed by atoms with Gasteiger partial charge in [-0.1, -0.05) is 18.2 Å². The number of rotatable bonds is 6. The Labute approximate surface area is 162 Å². The zero-order valence-electron chi connectivity index (χ0n) is 15.0. The van der Waals surface area contributed by atoms with Crippen molar-refractivity contribution < 1.29 is 24.4 Å². The molecule has 0 aliphatic rings. The van der Waals surface area contributed by atoms with Gasteiger partial charge in [0.25, 0.3) is 11.2 Å². The summed E-state index contributed by atoms with van der Waals surface area (Å²) in [7, 11) is 1.28. The molecule has 1 aromatic heterocycles. The van der Waals surface area contributed by atoms with Crippen LogP contribution in [0, 0.1) is 10.1 Å². The zero-order valence-corrected chi connectivity index (χ0v) is 15.0. The monoisotopic (exact) mass is 398 g/mol. The standard InChI is InChI=1S/C18H14N4O7/c1-29-14-8-10(22(27)28)6-7-13(14)19-15(23)9-21-17(24)12-5-3-2-4-11(12)16(20-21)18(25)26/h2-8H,9H2,1H3,(H,19,23)(H,25,26). The number of aromatic nitrogens is 2. The summed E-state index contributed by atoms with van der Waals surface area (Å²) in [6.45, 7) is -0.565. The summed E-state index contributed by atoms with van der Waals surface area (Å²) in [5.74, 6) is -1.98. The first-order valence-electron chi connectivity index (χ1n) is 8.17. The Morgan fingerprint density at radius 1 is 1.24 bits per heavy atom. The summed E-state index contributed by atoms with van der Waals surface area (Å²) in [5, 5.41) is 26.7. The van der Waals surface area contributed by atoms with E-state index in [1.165, 1.54) is 31.4 Å². The van der Waals surface area contributed by atoms with Crippen molar-refractivity contribution in [3.63, 3.8) is 0 Å². The SMILES string of the molecule is COc1cc([N+](=O)[O-])ccc1NC(=O)Cn1nc(C(=O)O)c2ccccc2c1=O. The van der Waals surface area contributed by atoms with E-state index >= 15 is 0 Å². The highest BCUT2D eigenvalue weighted by Crippen LogP contribution is 2.28. The Balaban J connectivity index is 1.93. The van der Waals surface area contributed by atoms with E-state index in [0.717, 1.165) is 10.7 Å². The second-order valence-corrected chi connectivity index (χ2v) is 5.85. The number of non-ortho nitro benzene ring substituents is 1. The summed E-state index contributed by atoms with van der Waals surface area (Å²) < 4.78 is 5.79. The molecule has 0 atom stereocenters. The lowest BCUT2D eigenvalue weighted by atomic mass is 10.1. The number of ether oxygens (including phenoxy) is 1. The number of nitro benzene ring substituents is 1. The molecule has 0 radical (unpaired) electrons. The first-order chi connectivity index (χ1) is 13.8. The maximum atomic E-state index is 12.6. The fourth-order valence-electron chi connectivity index (χ4n) is 2.72. The molecule has 2 N–H and O–H groups in total. The van der Waals surface area contributed by atoms with Crippen LogP contribution >= 0.6 is 0 Å². The molecule has 29 heavy (non-hydrogen) atoms. The van der Waals surface area contributed by atoms with Gasteiger partial charge in [0.15, 0.2) is 5.69 Å². The lowest BCUT2D eigenvalue weighted by Crippen LogP contribution is -2.31. The Morgan fingerprint density at radius 2 is 1.93 bits per heavy atom. The van der Waals surface area contributed by atoms with Crippen molar-refractivity contribution in [3.8, 4) is 5.75 Å². The predicted molar refractivity (Wildman–Crippen MR) is 101 cm³/mol. The zero-order chi connectivity index (χ0) is 21.1. The summed E-state index contributed by atoms with van der Waals surface area (Å²) in [5.41, 5.74) is -1.06. The topological polar surface area (TPSA) is 154 Å². The number of nitrogens with zero attached hydrogens (tertiary/aromatic N) is 3. The number of anilines is 1. The number of nitrogens with one attached hydrogen (secondary N) is 1. The minimum Gasteiger partial charge on any atom is -0.494 e. The minimum absolute atomic E-state index is 0.0533. The van der Waals surface area contributed by atoms with Crippen molar-refractivity contribution in [2.24, 2.45) is 0 Å². The lowest BCUT2D eigenvalue weighted by molar-refractivity contribution is -0.384. The summed E-state index contributed by atoms with van der Waals surface area (Å²) in [6.07, 6.45) is 0. The lowest BCUT2D eigenvalue weighted by Gasteiger charge is -2.11. The van der Waals surface area contributed by atoms with E-state index in [2.05, 4.69) is 10.4 Å². The molecule has 0 spiro atoms. The number of carbonyl (C=O) groups is 2. The van der Waals surface area contributed by atoms with E-state index in [1.807, 2.05) is 0 Å². The first-order valence-corrected chi connectivity index (χ1v) is 8.17. The number of fused-ring (bicyclic) bond motifs is 1. The van der Waals surface area contributed by atoms with Gasteiger partial charge in [0.1, 0.15) is 12.3 Å². The molecule has 0 fully saturated rings. The number of carboxylic acid groups (broad SMARTS) is 1. The second-order valence-electron chi connectivity index (χ2n) is 5.85. The molecule has 2 aromatic carbocycles. The van der Waals surface area contributed by atoms with Crippen LogP contribution in [-0.2, 0) is 11.3 Å². The third-order valence-electron chi connectivity index (χ3n) is 4.03. The molecule has 148 valence electrons. The van der Waals surface area contributed by atoms with Crippen molar-refractivity contribution in [2.75, 3.05) is 12.4 Å². The van der Waals surface area contributed by atoms with Gasteiger partial charge in [-0.05, 0) is 12.1 Å². The van der Waals surface area contributed by atoms with E-state index in [4.69, 9.17) is 4.74 Å². The molecule has 1 amide bonds. The predicted octanol–water partition coefficient (Wildman–Crippen LogP) is 1.65. The van der Waals surface area contributed by atoms with E-state index in [1.54, 1.807) is 12.1 Å². The summed E-state index contributed by atoms with van der Waals surface area (Å²) in [6, 6.07) is 9.65. The second kappa shape index (κ2) is 7.76. The van der Waals surface area contributed by atoms with E-state index in [-0.39, 0.29) is 33.6 Å². The molecule has 0 aliphatic carbocycles. The van der Waals surface area contributed by atoms with Gasteiger partial charge in [0.05, 0.1) is 29.2 Å². The Bertz CT molecular complexity index is 1200. The fourth-order valence-corrected chi connectivity index (χ4v) is 2.72. The maximum Gasteiger partial charge on any atom is 0.357 e. The Kier molecular flexibility index (Phi) is 5.21. The molecule has 1 heterocycles. The van der Waals surface area contributed by atoms with E-state index in [9.17, 15) is 29.6 Å². The van der Waals surface area contributed by atoms with Gasteiger partial charge >= 0.3 is 5.97 Å². The highest BCUT2D eigenvalue weighted by molar-refractivity contribution is 6.01. The van der Waals surface area contributed by atoms with Crippen LogP contribution < -0.4 is 15.6 Å². The van der Waals surface area contributed by atoms with Gasteiger partial charge in [-0.3, -0.25) is 19.7 Å². The van der Waals surface area contributed by atoms with Gasteiger partial charge in [0.2, 0.25) is 5.91 Å².